The predicted octanol–water partition coefficient (Wildman–Crippen LogP) is 4.88. The van der Waals surface area contributed by atoms with Crippen LogP contribution in [0.5, 0.6) is 0 Å². The fraction of sp³-hybridized carbons (Fsp3) is 0.565. The number of aliphatic carboxylic acids is 1. The van der Waals surface area contributed by atoms with Crippen molar-refractivity contribution >= 4 is 16.0 Å². The van der Waals surface area contributed by atoms with Gasteiger partial charge in [0.2, 0.25) is 10.0 Å². The Hall–Kier alpha value is -2.40. The van der Waals surface area contributed by atoms with E-state index in [1.165, 1.54) is 16.9 Å². The molecule has 3 rings (SSSR count). The molecule has 2 unspecified atom stereocenters. The van der Waals surface area contributed by atoms with Crippen molar-refractivity contribution in [1.82, 2.24) is 14.5 Å². The van der Waals surface area contributed by atoms with Gasteiger partial charge in [0.15, 0.2) is 0 Å². The standard InChI is InChI=1S/C23H30F3N3O4S/c1-14(11-22(2,3)4)15-8-16(23(24,25)26)10-17(9-15)34(32,33)28-19-6-5-7-20-18(19)12-27-29(20)13-21(30)31/h8-10,12,14,19,28H,5-7,11,13H2,1-4H3,(H,30,31). The summed E-state index contributed by atoms with van der Waals surface area (Å²) in [5, 5.41) is 13.1. The van der Waals surface area contributed by atoms with Crippen LogP contribution in [-0.2, 0) is 34.0 Å². The van der Waals surface area contributed by atoms with E-state index in [-0.39, 0.29) is 17.9 Å². The third-order valence-electron chi connectivity index (χ3n) is 5.90. The summed E-state index contributed by atoms with van der Waals surface area (Å²) >= 11 is 0. The number of fused-ring (bicyclic) bond motifs is 1. The summed E-state index contributed by atoms with van der Waals surface area (Å²) in [6.07, 6.45) is -1.14. The monoisotopic (exact) mass is 501 g/mol. The Labute approximate surface area is 197 Å². The van der Waals surface area contributed by atoms with E-state index < -0.39 is 38.7 Å². The molecular formula is C23H30F3N3O4S. The number of halogens is 3. The average Bonchev–Trinajstić information content (AvgIpc) is 3.09. The lowest BCUT2D eigenvalue weighted by atomic mass is 9.82. The molecule has 1 aliphatic carbocycles. The third kappa shape index (κ3) is 6.18. The van der Waals surface area contributed by atoms with Crippen LogP contribution in [0.15, 0.2) is 29.3 Å². The lowest BCUT2D eigenvalue weighted by molar-refractivity contribution is -0.138. The molecule has 2 atom stereocenters. The first kappa shape index (κ1) is 26.2. The summed E-state index contributed by atoms with van der Waals surface area (Å²) in [5.74, 6) is -1.36. The molecule has 34 heavy (non-hydrogen) atoms. The second kappa shape index (κ2) is 9.33. The highest BCUT2D eigenvalue weighted by Crippen LogP contribution is 2.37. The van der Waals surface area contributed by atoms with Crippen LogP contribution in [0.3, 0.4) is 0 Å². The summed E-state index contributed by atoms with van der Waals surface area (Å²) in [6, 6.07) is 2.28. The summed E-state index contributed by atoms with van der Waals surface area (Å²) in [7, 11) is -4.30. The van der Waals surface area contributed by atoms with Gasteiger partial charge >= 0.3 is 12.1 Å². The fourth-order valence-corrected chi connectivity index (χ4v) is 5.85. The summed E-state index contributed by atoms with van der Waals surface area (Å²) in [4.78, 5) is 10.6. The first-order valence-electron chi connectivity index (χ1n) is 11.1. The van der Waals surface area contributed by atoms with Crippen molar-refractivity contribution in [2.75, 3.05) is 0 Å². The van der Waals surface area contributed by atoms with Gasteiger partial charge in [-0.25, -0.2) is 13.1 Å². The SMILES string of the molecule is CC(CC(C)(C)C)c1cc(C(F)(F)F)cc(S(=O)(=O)NC2CCCc3c2cnn3CC(=O)O)c1. The number of hydrogen-bond donors (Lipinski definition) is 2. The first-order chi connectivity index (χ1) is 15.6. The highest BCUT2D eigenvalue weighted by Gasteiger charge is 2.35. The van der Waals surface area contributed by atoms with E-state index in [4.69, 9.17) is 5.11 Å². The van der Waals surface area contributed by atoms with Crippen molar-refractivity contribution in [2.45, 2.75) is 83.0 Å². The van der Waals surface area contributed by atoms with E-state index in [9.17, 15) is 26.4 Å². The third-order valence-corrected chi connectivity index (χ3v) is 7.35. The molecule has 0 saturated carbocycles. The fourth-order valence-electron chi connectivity index (χ4n) is 4.52. The molecule has 0 fully saturated rings. The van der Waals surface area contributed by atoms with Gasteiger partial charge in [-0.15, -0.1) is 0 Å². The zero-order chi connectivity index (χ0) is 25.5. The van der Waals surface area contributed by atoms with Crippen molar-refractivity contribution in [3.8, 4) is 0 Å². The Bertz CT molecular complexity index is 1170. The Morgan fingerprint density at radius 2 is 1.94 bits per heavy atom. The lowest BCUT2D eigenvalue weighted by Crippen LogP contribution is -2.31. The van der Waals surface area contributed by atoms with Crippen LogP contribution in [0.2, 0.25) is 0 Å². The number of alkyl halides is 3. The lowest BCUT2D eigenvalue weighted by Gasteiger charge is -2.26. The first-order valence-corrected chi connectivity index (χ1v) is 12.6. The maximum atomic E-state index is 13.6. The quantitative estimate of drug-likeness (QED) is 0.563. The molecule has 2 N–H and O–H groups in total. The van der Waals surface area contributed by atoms with Crippen LogP contribution in [0.25, 0.3) is 0 Å². The van der Waals surface area contributed by atoms with Gasteiger partial charge < -0.3 is 5.11 Å². The zero-order valence-corrected chi connectivity index (χ0v) is 20.4. The van der Waals surface area contributed by atoms with Crippen molar-refractivity contribution in [2.24, 2.45) is 5.41 Å². The van der Waals surface area contributed by atoms with Gasteiger partial charge in [0.05, 0.1) is 22.7 Å². The van der Waals surface area contributed by atoms with E-state index >= 15 is 0 Å². The van der Waals surface area contributed by atoms with E-state index in [1.54, 1.807) is 6.92 Å². The molecule has 188 valence electrons. The molecule has 1 aromatic heterocycles. The number of nitrogens with zero attached hydrogens (tertiary/aromatic N) is 2. The molecule has 0 spiro atoms. The topological polar surface area (TPSA) is 101 Å². The van der Waals surface area contributed by atoms with Crippen LogP contribution in [0, 0.1) is 5.41 Å². The van der Waals surface area contributed by atoms with E-state index in [1.807, 2.05) is 20.8 Å². The van der Waals surface area contributed by atoms with Gasteiger partial charge in [0.1, 0.15) is 6.54 Å². The van der Waals surface area contributed by atoms with Gasteiger partial charge in [0.25, 0.3) is 0 Å². The number of hydrogen-bond acceptors (Lipinski definition) is 4. The predicted molar refractivity (Wildman–Crippen MR) is 120 cm³/mol. The van der Waals surface area contributed by atoms with Crippen LogP contribution in [0.4, 0.5) is 13.2 Å². The van der Waals surface area contributed by atoms with Gasteiger partial charge in [0, 0.05) is 11.3 Å². The van der Waals surface area contributed by atoms with Gasteiger partial charge in [-0.05, 0) is 60.8 Å². The minimum Gasteiger partial charge on any atom is -0.480 e. The van der Waals surface area contributed by atoms with Crippen molar-refractivity contribution < 1.29 is 31.5 Å². The molecule has 7 nitrogen and oxygen atoms in total. The number of rotatable bonds is 7. The number of aromatic nitrogens is 2. The number of carbonyl (C=O) groups is 1. The minimum absolute atomic E-state index is 0.153. The summed E-state index contributed by atoms with van der Waals surface area (Å²) < 4.78 is 71.2. The number of sulfonamides is 1. The molecule has 1 aliphatic rings. The Morgan fingerprint density at radius 3 is 2.53 bits per heavy atom. The highest BCUT2D eigenvalue weighted by molar-refractivity contribution is 7.89. The minimum atomic E-state index is -4.70. The summed E-state index contributed by atoms with van der Waals surface area (Å²) in [6.45, 7) is 7.36. The van der Waals surface area contributed by atoms with Crippen molar-refractivity contribution in [1.29, 1.82) is 0 Å². The number of nitrogens with one attached hydrogen (secondary N) is 1. The maximum Gasteiger partial charge on any atom is 0.416 e. The van der Waals surface area contributed by atoms with Crippen LogP contribution in [0.1, 0.15) is 81.3 Å². The largest absolute Gasteiger partial charge is 0.480 e. The second-order valence-corrected chi connectivity index (χ2v) is 11.8. The van der Waals surface area contributed by atoms with Crippen molar-refractivity contribution in [3.63, 3.8) is 0 Å². The van der Waals surface area contributed by atoms with Gasteiger partial charge in [-0.2, -0.15) is 18.3 Å². The Balaban J connectivity index is 1.97. The van der Waals surface area contributed by atoms with Crippen LogP contribution in [-0.4, -0.2) is 29.3 Å². The number of carboxylic acid groups (broad SMARTS) is 1. The van der Waals surface area contributed by atoms with E-state index in [0.29, 0.717) is 48.6 Å². The average molecular weight is 502 g/mol. The normalized spacial score (nSPS) is 17.9. The molecular weight excluding hydrogens is 471 g/mol. The highest BCUT2D eigenvalue weighted by atomic mass is 32.2. The van der Waals surface area contributed by atoms with E-state index in [2.05, 4.69) is 9.82 Å². The van der Waals surface area contributed by atoms with Crippen LogP contribution >= 0.6 is 0 Å². The smallest absolute Gasteiger partial charge is 0.416 e. The molecule has 0 bridgehead atoms. The number of benzene rings is 1. The second-order valence-electron chi connectivity index (χ2n) is 10.1. The molecule has 1 aromatic carbocycles. The number of carboxylic acids is 1. The maximum absolute atomic E-state index is 13.6. The molecule has 1 heterocycles. The van der Waals surface area contributed by atoms with Gasteiger partial charge in [-0.3, -0.25) is 9.48 Å². The molecule has 11 heteroatoms. The Kier molecular flexibility index (Phi) is 7.19. The molecule has 0 saturated heterocycles. The van der Waals surface area contributed by atoms with Crippen LogP contribution < -0.4 is 4.72 Å². The molecule has 0 radical (unpaired) electrons. The molecule has 0 amide bonds. The molecule has 0 aliphatic heterocycles. The van der Waals surface area contributed by atoms with Crippen molar-refractivity contribution in [3.05, 3.63) is 46.8 Å². The summed E-state index contributed by atoms with van der Waals surface area (Å²) in [5.41, 5.74) is 0.308. The molecule has 2 aromatic rings. The van der Waals surface area contributed by atoms with E-state index in [0.717, 1.165) is 6.07 Å². The van der Waals surface area contributed by atoms with Gasteiger partial charge in [-0.1, -0.05) is 27.7 Å². The Morgan fingerprint density at radius 1 is 1.26 bits per heavy atom. The zero-order valence-electron chi connectivity index (χ0n) is 19.6.